The van der Waals surface area contributed by atoms with E-state index in [0.717, 1.165) is 56.5 Å². The maximum atomic E-state index is 14.1. The number of rotatable bonds is 8. The van der Waals surface area contributed by atoms with E-state index in [-0.39, 0.29) is 59.7 Å². The van der Waals surface area contributed by atoms with E-state index in [1.165, 1.54) is 7.11 Å². The first-order chi connectivity index (χ1) is 23.0. The van der Waals surface area contributed by atoms with Gasteiger partial charge in [0.05, 0.1) is 7.11 Å². The van der Waals surface area contributed by atoms with Gasteiger partial charge in [-0.2, -0.15) is 11.4 Å². The first kappa shape index (κ1) is 36.0. The van der Waals surface area contributed by atoms with Crippen LogP contribution in [0.3, 0.4) is 0 Å². The SMILES string of the molecule is C=Cc1c2[n-]c(c1C)/C=C1\[N-]/C(=C3\c4[n-]c(c(C)c4C(=O)[C@@H]3C(=O)OC)/C=c3\[n-]/c(c(C)c3CC)=C\2)[C@@H](CCC(=O)OC/C=C/C)[C@@H]1C.[Mg+2]. The van der Waals surface area contributed by atoms with Crippen molar-refractivity contribution in [2.24, 2.45) is 17.8 Å². The van der Waals surface area contributed by atoms with Gasteiger partial charge in [0.1, 0.15) is 12.5 Å². The van der Waals surface area contributed by atoms with Crippen molar-refractivity contribution in [3.05, 3.63) is 102 Å². The average molecular weight is 669 g/mol. The van der Waals surface area contributed by atoms with Gasteiger partial charge in [-0.25, -0.2) is 0 Å². The predicted octanol–water partition coefficient (Wildman–Crippen LogP) is 4.56. The third-order valence-corrected chi connectivity index (χ3v) is 9.98. The molecule has 3 aliphatic rings. The first-order valence-electron chi connectivity index (χ1n) is 16.4. The molecule has 2 aliphatic heterocycles. The van der Waals surface area contributed by atoms with Gasteiger partial charge in [0, 0.05) is 12.0 Å². The third kappa shape index (κ3) is 6.10. The van der Waals surface area contributed by atoms with Gasteiger partial charge in [-0.05, 0) is 57.9 Å². The van der Waals surface area contributed by atoms with Gasteiger partial charge in [-0.15, -0.1) is 33.5 Å². The number of allylic oxidation sites excluding steroid dienone is 3. The molecule has 250 valence electrons. The number of methoxy groups -OCH3 is 1. The molecule has 5 heterocycles. The number of hydrogen-bond acceptors (Lipinski definition) is 5. The van der Waals surface area contributed by atoms with Gasteiger partial charge in [0.2, 0.25) is 0 Å². The van der Waals surface area contributed by atoms with Crippen LogP contribution in [0, 0.1) is 38.5 Å². The van der Waals surface area contributed by atoms with Crippen LogP contribution in [0.4, 0.5) is 0 Å². The largest absolute Gasteiger partial charge is 2.00 e. The zero-order valence-electron chi connectivity index (χ0n) is 29.3. The molecule has 0 amide bonds. The monoisotopic (exact) mass is 668 g/mol. The summed E-state index contributed by atoms with van der Waals surface area (Å²) in [5.74, 6) is -3.05. The van der Waals surface area contributed by atoms with Crippen LogP contribution in [0.1, 0.15) is 94.6 Å². The minimum Gasteiger partial charge on any atom is -0.664 e. The number of Topliss-reactive ketones (excluding diaryl/α,β-unsaturated/α-hetero) is 1. The van der Waals surface area contributed by atoms with Crippen LogP contribution in [-0.4, -0.2) is 54.5 Å². The molecular weight excluding hydrogens is 629 g/mol. The smallest absolute Gasteiger partial charge is 0.664 e. The van der Waals surface area contributed by atoms with Crippen LogP contribution < -0.4 is 25.7 Å². The molecule has 3 aromatic heterocycles. The Bertz CT molecular complexity index is 2090. The predicted molar refractivity (Wildman–Crippen MR) is 191 cm³/mol. The van der Waals surface area contributed by atoms with Crippen LogP contribution in [0.5, 0.6) is 0 Å². The summed E-state index contributed by atoms with van der Waals surface area (Å²) in [4.78, 5) is 55.3. The molecule has 0 unspecified atom stereocenters. The second kappa shape index (κ2) is 14.3. The molecule has 10 heteroatoms. The number of ketones is 1. The normalized spacial score (nSPS) is 23.1. The van der Waals surface area contributed by atoms with E-state index in [9.17, 15) is 14.4 Å². The zero-order chi connectivity index (χ0) is 34.4. The summed E-state index contributed by atoms with van der Waals surface area (Å²) in [6.45, 7) is 16.2. The molecule has 6 rings (SSSR count). The summed E-state index contributed by atoms with van der Waals surface area (Å²) in [5.41, 5.74) is 9.38. The van der Waals surface area contributed by atoms with Crippen molar-refractivity contribution < 1.29 is 23.9 Å². The number of fused-ring (bicyclic) bond motifs is 7. The van der Waals surface area contributed by atoms with Crippen molar-refractivity contribution >= 4 is 70.7 Å². The molecule has 3 aromatic rings. The van der Waals surface area contributed by atoms with Gasteiger partial charge in [-0.1, -0.05) is 84.7 Å². The number of aromatic nitrogens is 3. The Kier molecular flexibility index (Phi) is 10.5. The van der Waals surface area contributed by atoms with E-state index >= 15 is 0 Å². The summed E-state index contributed by atoms with van der Waals surface area (Å²) in [7, 11) is 1.28. The standard InChI is InChI=1S/C39H41N4O5.Mg/c1-9-12-15-48-32(44)14-13-25-21(6)28-16-26-19(4)23(10-2)30(40-26)17-27-20(5)24(11-3)31(41-27)18-29-22(7)33-37(43-29)34(36(25)42-28)35(38(33)45)39(46)47-8;/h9-10,12,16-18,21,25,35H,2,11,13-15H2,1,3-8H3,(H-,42,43,45);/q-3;+2/p-1/b12-9+,27-17-,28-16-,31-18-;/t21-,25-,35+;/m0./s1. The molecule has 0 radical (unpaired) electrons. The number of carbonyl (C=O) groups excluding carboxylic acids is 3. The number of hydrogen-bond donors (Lipinski definition) is 0. The Morgan fingerprint density at radius 1 is 0.980 bits per heavy atom. The molecule has 1 aliphatic carbocycles. The van der Waals surface area contributed by atoms with E-state index < -0.39 is 11.9 Å². The van der Waals surface area contributed by atoms with Crippen LogP contribution in [-0.2, 0) is 25.5 Å². The number of ether oxygens (including phenoxy) is 2. The summed E-state index contributed by atoms with van der Waals surface area (Å²) in [5, 5.41) is 6.73. The van der Waals surface area contributed by atoms with E-state index in [2.05, 4.69) is 20.4 Å². The summed E-state index contributed by atoms with van der Waals surface area (Å²) < 4.78 is 10.6. The van der Waals surface area contributed by atoms with E-state index in [0.29, 0.717) is 40.2 Å². The van der Waals surface area contributed by atoms with Crippen molar-refractivity contribution in [1.82, 2.24) is 15.0 Å². The number of nitrogens with zero attached hydrogens (tertiary/aromatic N) is 4. The van der Waals surface area contributed by atoms with E-state index in [1.807, 2.05) is 58.1 Å². The van der Waals surface area contributed by atoms with Crippen LogP contribution in [0.2, 0.25) is 0 Å². The third-order valence-electron chi connectivity index (χ3n) is 9.98. The van der Waals surface area contributed by atoms with Gasteiger partial charge >= 0.3 is 35.0 Å². The van der Waals surface area contributed by atoms with Crippen molar-refractivity contribution in [1.29, 1.82) is 0 Å². The second-order valence-corrected chi connectivity index (χ2v) is 12.6. The fourth-order valence-corrected chi connectivity index (χ4v) is 7.23. The molecule has 8 bridgehead atoms. The van der Waals surface area contributed by atoms with Crippen LogP contribution in [0.15, 0.2) is 30.1 Å². The van der Waals surface area contributed by atoms with Gasteiger partial charge in [-0.3, -0.25) is 14.4 Å². The molecular formula is C39H40MgN4O5-2. The molecule has 9 nitrogen and oxygen atoms in total. The fraction of sp³-hybridized carbons (Fsp3) is 0.359. The van der Waals surface area contributed by atoms with Gasteiger partial charge in [0.15, 0.2) is 5.78 Å². The van der Waals surface area contributed by atoms with Crippen molar-refractivity contribution in [3.8, 4) is 0 Å². The molecule has 0 aromatic carbocycles. The molecule has 0 saturated carbocycles. The minimum atomic E-state index is -1.21. The number of carbonyl (C=O) groups is 3. The second-order valence-electron chi connectivity index (χ2n) is 12.6. The maximum Gasteiger partial charge on any atom is 2.00 e. The van der Waals surface area contributed by atoms with Crippen LogP contribution in [0.25, 0.3) is 35.2 Å². The summed E-state index contributed by atoms with van der Waals surface area (Å²) >= 11 is 0. The molecule has 1 fully saturated rings. The van der Waals surface area contributed by atoms with Crippen molar-refractivity contribution in [3.63, 3.8) is 0 Å². The maximum absolute atomic E-state index is 14.1. The molecule has 0 N–H and O–H groups in total. The quantitative estimate of drug-likeness (QED) is 0.148. The number of esters is 2. The fourth-order valence-electron chi connectivity index (χ4n) is 7.23. The topological polar surface area (TPSA) is 126 Å². The molecule has 49 heavy (non-hydrogen) atoms. The Labute approximate surface area is 302 Å². The van der Waals surface area contributed by atoms with E-state index in [4.69, 9.17) is 29.7 Å². The van der Waals surface area contributed by atoms with Crippen molar-refractivity contribution in [2.75, 3.05) is 13.7 Å². The van der Waals surface area contributed by atoms with Gasteiger partial charge in [0.25, 0.3) is 0 Å². The summed E-state index contributed by atoms with van der Waals surface area (Å²) in [6, 6.07) is 0. The van der Waals surface area contributed by atoms with Crippen molar-refractivity contribution in [2.45, 2.75) is 60.8 Å². The van der Waals surface area contributed by atoms with Gasteiger partial charge < -0.3 is 29.7 Å². The minimum absolute atomic E-state index is 0. The zero-order valence-corrected chi connectivity index (χ0v) is 30.7. The first-order valence-corrected chi connectivity index (χ1v) is 16.4. The molecule has 1 saturated heterocycles. The Hall–Kier alpha value is -4.28. The Morgan fingerprint density at radius 2 is 1.69 bits per heavy atom. The Morgan fingerprint density at radius 3 is 2.37 bits per heavy atom. The Balaban J connectivity index is 0.00000468. The molecule has 3 atom stereocenters. The molecule has 0 spiro atoms. The average Bonchev–Trinajstić information content (AvgIpc) is 3.80. The van der Waals surface area contributed by atoms with Crippen LogP contribution >= 0.6 is 0 Å². The van der Waals surface area contributed by atoms with E-state index in [1.54, 1.807) is 6.08 Å². The summed E-state index contributed by atoms with van der Waals surface area (Å²) in [6.07, 6.45) is 12.6.